The summed E-state index contributed by atoms with van der Waals surface area (Å²) in [6.45, 7) is 0. The number of hydrogen-bond donors (Lipinski definition) is 0. The lowest BCUT2D eigenvalue weighted by molar-refractivity contribution is 0.950. The van der Waals surface area contributed by atoms with Crippen LogP contribution in [-0.2, 0) is 0 Å². The third-order valence-corrected chi connectivity index (χ3v) is 20.0. The molecule has 15 aromatic rings. The summed E-state index contributed by atoms with van der Waals surface area (Å²) in [6, 6.07) is 85.1. The van der Waals surface area contributed by atoms with E-state index in [-0.39, 0.29) is 23.2 Å². The van der Waals surface area contributed by atoms with Crippen LogP contribution >= 0.6 is 0 Å². The first kappa shape index (κ1) is 38.6. The van der Waals surface area contributed by atoms with Gasteiger partial charge in [0.2, 0.25) is 5.95 Å². The third-order valence-electron chi connectivity index (χ3n) is 15.2. The van der Waals surface area contributed by atoms with Crippen molar-refractivity contribution in [1.29, 1.82) is 0 Å². The molecule has 0 aliphatic carbocycles. The fourth-order valence-corrected chi connectivity index (χ4v) is 16.8. The number of aromatic nitrogens is 6. The number of nitrogens with zero attached hydrogens (tertiary/aromatic N) is 6. The van der Waals surface area contributed by atoms with Gasteiger partial charge in [0.15, 0.2) is 19.7 Å². The molecular weight excluding hydrogens is 941 g/mol. The molecule has 0 fully saturated rings. The van der Waals surface area contributed by atoms with Gasteiger partial charge in [0, 0.05) is 43.4 Å². The van der Waals surface area contributed by atoms with Gasteiger partial charge in [0.25, 0.3) is 0 Å². The Kier molecular flexibility index (Phi) is 8.96. The van der Waals surface area contributed by atoms with Crippen molar-refractivity contribution in [2.24, 2.45) is 0 Å². The van der Waals surface area contributed by atoms with Gasteiger partial charge in [-0.2, -0.15) is 9.97 Å². The zero-order valence-corrected chi connectivity index (χ0v) is 41.9. The molecule has 0 aliphatic heterocycles. The maximum atomic E-state index is 9.26. The minimum absolute atomic E-state index is 0.0475. The third kappa shape index (κ3) is 6.62. The fraction of sp³-hybridized carbons (Fsp3) is 0. The molecule has 7 heteroatoms. The summed E-state index contributed by atoms with van der Waals surface area (Å²) < 4.78 is 51.4. The van der Waals surface area contributed by atoms with Gasteiger partial charge in [-0.15, -0.1) is 0 Å². The van der Waals surface area contributed by atoms with Crippen molar-refractivity contribution in [1.82, 2.24) is 28.7 Å². The number of benzene rings is 11. The van der Waals surface area contributed by atoms with Gasteiger partial charge in [-0.3, -0.25) is 4.57 Å². The van der Waals surface area contributed by atoms with Crippen LogP contribution in [0.3, 0.4) is 0 Å². The largest absolute Gasteiger partial charge is 0.309 e. The predicted octanol–water partition coefficient (Wildman–Crippen LogP) is 13.9. The molecule has 0 amide bonds. The molecule has 0 unspecified atom stereocenters. The summed E-state index contributed by atoms with van der Waals surface area (Å²) in [5.74, 6) is 0.447. The van der Waals surface area contributed by atoms with E-state index in [2.05, 4.69) is 234 Å². The maximum Gasteiger partial charge on any atom is 0.238 e. The molecule has 0 saturated carbocycles. The highest BCUT2D eigenvalue weighted by atomic mass is 28.3. The second-order valence-electron chi connectivity index (χ2n) is 19.1. The number of rotatable bonds is 9. The number of fused-ring (bicyclic) bond motifs is 9. The van der Waals surface area contributed by atoms with Crippen LogP contribution in [0.1, 0.15) is 6.85 Å². The number of para-hydroxylation sites is 5. The molecule has 0 aliphatic rings. The van der Waals surface area contributed by atoms with Crippen molar-refractivity contribution in [2.75, 3.05) is 0 Å². The SMILES string of the molecule is [2H]c1c([2H])c([2H])c(-c2nc(-c3ccc([Si](c4ccccc4)(c4ccccc4)c4ccccc4)cc3)nc(-n3c4ccccc4c4cccc(-n5c6ccccc6c6c(-n7c8ccccc8c8ccccc87)cccc65)c43)n2)c([2H])c1[2H]. The zero-order chi connectivity index (χ0) is 54.5. The van der Waals surface area contributed by atoms with Crippen LogP contribution in [0, 0.1) is 0 Å². The van der Waals surface area contributed by atoms with E-state index in [0.717, 1.165) is 71.2 Å². The van der Waals surface area contributed by atoms with E-state index in [1.807, 2.05) is 28.8 Å². The molecule has 6 nitrogen and oxygen atoms in total. The highest BCUT2D eigenvalue weighted by molar-refractivity contribution is 7.19. The molecule has 0 spiro atoms. The Hall–Kier alpha value is -9.95. The maximum absolute atomic E-state index is 9.26. The smallest absolute Gasteiger partial charge is 0.238 e. The molecule has 76 heavy (non-hydrogen) atoms. The van der Waals surface area contributed by atoms with Crippen molar-refractivity contribution in [3.63, 3.8) is 0 Å². The van der Waals surface area contributed by atoms with Crippen molar-refractivity contribution < 1.29 is 6.85 Å². The van der Waals surface area contributed by atoms with Gasteiger partial charge in [-0.05, 0) is 63.2 Å². The Labute approximate surface area is 446 Å². The van der Waals surface area contributed by atoms with Crippen molar-refractivity contribution >= 4 is 94.2 Å². The molecule has 4 aromatic heterocycles. The van der Waals surface area contributed by atoms with Gasteiger partial charge >= 0.3 is 0 Å². The summed E-state index contributed by atoms with van der Waals surface area (Å²) in [5, 5.41) is 11.3. The Morgan fingerprint density at radius 2 is 0.711 bits per heavy atom. The molecule has 0 radical (unpaired) electrons. The summed E-state index contributed by atoms with van der Waals surface area (Å²) in [4.78, 5) is 15.7. The Morgan fingerprint density at radius 3 is 1.29 bits per heavy atom. The van der Waals surface area contributed by atoms with E-state index < -0.39 is 38.3 Å². The van der Waals surface area contributed by atoms with E-state index in [9.17, 15) is 2.74 Å². The Morgan fingerprint density at radius 1 is 0.303 bits per heavy atom. The summed E-state index contributed by atoms with van der Waals surface area (Å²) in [7, 11) is -2.92. The molecule has 0 bridgehead atoms. The van der Waals surface area contributed by atoms with Crippen LogP contribution in [0.2, 0.25) is 0 Å². The molecule has 11 aromatic carbocycles. The van der Waals surface area contributed by atoms with Crippen molar-refractivity contribution in [3.05, 3.63) is 279 Å². The van der Waals surface area contributed by atoms with E-state index in [1.165, 1.54) is 26.3 Å². The molecule has 0 saturated heterocycles. The topological polar surface area (TPSA) is 53.5 Å². The van der Waals surface area contributed by atoms with E-state index in [4.69, 9.17) is 19.1 Å². The first-order valence-corrected chi connectivity index (χ1v) is 27.5. The monoisotopic (exact) mass is 991 g/mol. The normalized spacial score (nSPS) is 12.9. The Bertz CT molecular complexity index is 4820. The summed E-state index contributed by atoms with van der Waals surface area (Å²) in [6.07, 6.45) is 0. The minimum Gasteiger partial charge on any atom is -0.309 e. The van der Waals surface area contributed by atoms with E-state index >= 15 is 0 Å². The second kappa shape index (κ2) is 17.6. The van der Waals surface area contributed by atoms with Crippen LogP contribution in [0.5, 0.6) is 0 Å². The molecule has 0 N–H and O–H groups in total. The fourth-order valence-electron chi connectivity index (χ4n) is 12.0. The average molecular weight is 992 g/mol. The number of hydrogen-bond acceptors (Lipinski definition) is 3. The quantitative estimate of drug-likeness (QED) is 0.107. The van der Waals surface area contributed by atoms with Crippen LogP contribution < -0.4 is 20.7 Å². The van der Waals surface area contributed by atoms with Crippen LogP contribution in [-0.4, -0.2) is 36.7 Å². The average Bonchev–Trinajstić information content (AvgIpc) is 4.32. The van der Waals surface area contributed by atoms with Gasteiger partial charge in [0.05, 0.1) is 51.3 Å². The first-order chi connectivity index (χ1) is 39.8. The van der Waals surface area contributed by atoms with Gasteiger partial charge < -0.3 is 9.13 Å². The molecule has 0 atom stereocenters. The molecule has 356 valence electrons. The van der Waals surface area contributed by atoms with Crippen LogP contribution in [0.4, 0.5) is 0 Å². The summed E-state index contributed by atoms with van der Waals surface area (Å²) >= 11 is 0. The lowest BCUT2D eigenvalue weighted by Gasteiger charge is -2.34. The van der Waals surface area contributed by atoms with Crippen molar-refractivity contribution in [2.45, 2.75) is 0 Å². The highest BCUT2D eigenvalue weighted by Crippen LogP contribution is 2.43. The lowest BCUT2D eigenvalue weighted by atomic mass is 10.1. The molecular formula is C69H46N6Si. The summed E-state index contributed by atoms with van der Waals surface area (Å²) in [5.41, 5.74) is 8.33. The van der Waals surface area contributed by atoms with Crippen molar-refractivity contribution in [3.8, 4) is 40.1 Å². The Balaban J connectivity index is 1.00. The lowest BCUT2D eigenvalue weighted by Crippen LogP contribution is -2.74. The van der Waals surface area contributed by atoms with Crippen LogP contribution in [0.15, 0.2) is 279 Å². The first-order valence-electron chi connectivity index (χ1n) is 28.0. The zero-order valence-electron chi connectivity index (χ0n) is 45.9. The second-order valence-corrected chi connectivity index (χ2v) is 22.9. The van der Waals surface area contributed by atoms with E-state index in [1.54, 1.807) is 0 Å². The van der Waals surface area contributed by atoms with Gasteiger partial charge in [-0.1, -0.05) is 236 Å². The highest BCUT2D eigenvalue weighted by Gasteiger charge is 2.41. The van der Waals surface area contributed by atoms with E-state index in [0.29, 0.717) is 5.56 Å². The van der Waals surface area contributed by atoms with Crippen LogP contribution in [0.25, 0.3) is 106 Å². The minimum atomic E-state index is -2.92. The van der Waals surface area contributed by atoms with Gasteiger partial charge in [-0.25, -0.2) is 4.98 Å². The van der Waals surface area contributed by atoms with Gasteiger partial charge in [0.1, 0.15) is 0 Å². The predicted molar refractivity (Wildman–Crippen MR) is 317 cm³/mol. The molecule has 15 rings (SSSR count). The molecule has 4 heterocycles. The standard InChI is InChI=1S/C69H46N6Si/c1-5-23-47(24-6-1)67-70-68(48-43-45-52(46-44-48)76(49-25-7-2-8-26-49,50-27-9-3-10-28-50)51-29-11-4-12-30-51)72-69(71-67)75-60-38-19-15-33-55(60)56-35-21-42-64(66(56)75)74-61-39-20-16-34-57(61)65-62(40-22-41-63(65)74)73-58-36-17-13-31-53(58)54-32-14-18-37-59(54)73/h1-46H/i1D,5D,6D,23D,24D.